The Hall–Kier alpha value is -2.42. The highest BCUT2D eigenvalue weighted by Crippen LogP contribution is 2.11. The van der Waals surface area contributed by atoms with Crippen LogP contribution in [0.1, 0.15) is 17.4 Å². The molecule has 6 nitrogen and oxygen atoms in total. The fourth-order valence-electron chi connectivity index (χ4n) is 1.40. The van der Waals surface area contributed by atoms with Crippen molar-refractivity contribution < 1.29 is 4.52 Å². The molecule has 0 fully saturated rings. The van der Waals surface area contributed by atoms with Gasteiger partial charge in [-0.25, -0.2) is 4.98 Å². The second-order valence-electron chi connectivity index (χ2n) is 3.58. The normalized spacial score (nSPS) is 9.94. The Balaban J connectivity index is 2.14. The molecule has 0 saturated carbocycles. The van der Waals surface area contributed by atoms with Gasteiger partial charge in [-0.2, -0.15) is 10.2 Å². The first-order valence-corrected chi connectivity index (χ1v) is 5.06. The van der Waals surface area contributed by atoms with Gasteiger partial charge in [-0.15, -0.1) is 0 Å². The zero-order valence-corrected chi connectivity index (χ0v) is 9.58. The fraction of sp³-hybridized carbons (Fsp3) is 0.273. The van der Waals surface area contributed by atoms with E-state index in [-0.39, 0.29) is 0 Å². The maximum atomic E-state index is 8.77. The molecule has 0 aliphatic rings. The molecule has 2 aromatic heterocycles. The number of rotatable bonds is 3. The largest absolute Gasteiger partial charge is 0.352 e. The minimum Gasteiger partial charge on any atom is -0.352 e. The Kier molecular flexibility index (Phi) is 3.01. The number of pyridine rings is 1. The summed E-state index contributed by atoms with van der Waals surface area (Å²) >= 11 is 0. The summed E-state index contributed by atoms with van der Waals surface area (Å²) in [4.78, 5) is 10.1. The third-order valence-electron chi connectivity index (χ3n) is 2.19. The fourth-order valence-corrected chi connectivity index (χ4v) is 1.40. The summed E-state index contributed by atoms with van der Waals surface area (Å²) in [5.41, 5.74) is 0.388. The van der Waals surface area contributed by atoms with Crippen LogP contribution in [-0.2, 0) is 6.54 Å². The second kappa shape index (κ2) is 4.61. The molecule has 0 amide bonds. The lowest BCUT2D eigenvalue weighted by Crippen LogP contribution is -2.18. The quantitative estimate of drug-likeness (QED) is 0.788. The smallest absolute Gasteiger partial charge is 0.223 e. The van der Waals surface area contributed by atoms with Crippen molar-refractivity contribution in [3.63, 3.8) is 0 Å². The van der Waals surface area contributed by atoms with Crippen LogP contribution in [0.3, 0.4) is 0 Å². The van der Waals surface area contributed by atoms with Gasteiger partial charge in [0.05, 0.1) is 6.54 Å². The van der Waals surface area contributed by atoms with E-state index < -0.39 is 0 Å². The SMILES string of the molecule is Cc1nc(CN(C)c2cccc(C#N)n2)no1. The van der Waals surface area contributed by atoms with E-state index in [9.17, 15) is 0 Å². The second-order valence-corrected chi connectivity index (χ2v) is 3.58. The standard InChI is InChI=1S/C11H11N5O/c1-8-13-10(15-17-8)7-16(2)11-5-3-4-9(6-12)14-11/h3-5H,7H2,1-2H3. The van der Waals surface area contributed by atoms with Crippen LogP contribution in [0.15, 0.2) is 22.7 Å². The number of nitrogens with zero attached hydrogens (tertiary/aromatic N) is 5. The first kappa shape index (κ1) is 11.1. The molecule has 86 valence electrons. The summed E-state index contributed by atoms with van der Waals surface area (Å²) in [6, 6.07) is 7.28. The first-order valence-electron chi connectivity index (χ1n) is 5.06. The molecule has 0 aliphatic heterocycles. The summed E-state index contributed by atoms with van der Waals surface area (Å²) in [5.74, 6) is 1.83. The van der Waals surface area contributed by atoms with Crippen LogP contribution < -0.4 is 4.90 Å². The lowest BCUT2D eigenvalue weighted by atomic mass is 10.3. The zero-order valence-electron chi connectivity index (χ0n) is 9.58. The highest BCUT2D eigenvalue weighted by atomic mass is 16.5. The highest BCUT2D eigenvalue weighted by molar-refractivity contribution is 5.40. The molecular weight excluding hydrogens is 218 g/mol. The molecule has 0 aromatic carbocycles. The predicted molar refractivity (Wildman–Crippen MR) is 60.1 cm³/mol. The summed E-state index contributed by atoms with van der Waals surface area (Å²) in [6.07, 6.45) is 0. The van der Waals surface area contributed by atoms with Gasteiger partial charge in [0.15, 0.2) is 5.82 Å². The number of anilines is 1. The average Bonchev–Trinajstić information content (AvgIpc) is 2.75. The van der Waals surface area contributed by atoms with Gasteiger partial charge in [-0.05, 0) is 12.1 Å². The molecule has 0 bridgehead atoms. The van der Waals surface area contributed by atoms with Gasteiger partial charge in [0, 0.05) is 14.0 Å². The molecule has 0 radical (unpaired) electrons. The van der Waals surface area contributed by atoms with Crippen molar-refractivity contribution in [3.05, 3.63) is 35.6 Å². The van der Waals surface area contributed by atoms with E-state index in [0.29, 0.717) is 29.8 Å². The van der Waals surface area contributed by atoms with Crippen molar-refractivity contribution in [3.8, 4) is 6.07 Å². The van der Waals surface area contributed by atoms with Crippen LogP contribution in [0, 0.1) is 18.3 Å². The Morgan fingerprint density at radius 1 is 1.41 bits per heavy atom. The number of aryl methyl sites for hydroxylation is 1. The molecule has 2 aromatic rings. The van der Waals surface area contributed by atoms with E-state index in [1.165, 1.54) is 0 Å². The molecule has 17 heavy (non-hydrogen) atoms. The highest BCUT2D eigenvalue weighted by Gasteiger charge is 2.08. The summed E-state index contributed by atoms with van der Waals surface area (Å²) in [7, 11) is 1.86. The van der Waals surface area contributed by atoms with E-state index >= 15 is 0 Å². The summed E-state index contributed by atoms with van der Waals surface area (Å²) in [6.45, 7) is 2.23. The van der Waals surface area contributed by atoms with E-state index in [2.05, 4.69) is 15.1 Å². The minimum absolute atomic E-state index is 0.388. The molecule has 0 saturated heterocycles. The van der Waals surface area contributed by atoms with Gasteiger partial charge in [0.25, 0.3) is 0 Å². The van der Waals surface area contributed by atoms with E-state index in [1.54, 1.807) is 19.1 Å². The Morgan fingerprint density at radius 3 is 2.88 bits per heavy atom. The number of aromatic nitrogens is 3. The molecular formula is C11H11N5O. The Labute approximate surface area is 98.5 Å². The lowest BCUT2D eigenvalue weighted by Gasteiger charge is -2.15. The Bertz CT molecular complexity index is 557. The minimum atomic E-state index is 0.388. The summed E-state index contributed by atoms with van der Waals surface area (Å²) < 4.78 is 4.89. The van der Waals surface area contributed by atoms with Crippen molar-refractivity contribution >= 4 is 5.82 Å². The van der Waals surface area contributed by atoms with Crippen molar-refractivity contribution in [2.24, 2.45) is 0 Å². The van der Waals surface area contributed by atoms with E-state index in [0.717, 1.165) is 0 Å². The van der Waals surface area contributed by atoms with Crippen molar-refractivity contribution in [1.29, 1.82) is 5.26 Å². The molecule has 0 spiro atoms. The van der Waals surface area contributed by atoms with Crippen LogP contribution in [0.4, 0.5) is 5.82 Å². The Morgan fingerprint density at radius 2 is 2.24 bits per heavy atom. The monoisotopic (exact) mass is 229 g/mol. The number of nitriles is 1. The predicted octanol–water partition coefficient (Wildman–Crippen LogP) is 1.28. The number of hydrogen-bond acceptors (Lipinski definition) is 6. The molecule has 0 aliphatic carbocycles. The molecule has 0 unspecified atom stereocenters. The third kappa shape index (κ3) is 2.58. The van der Waals surface area contributed by atoms with Crippen molar-refractivity contribution in [1.82, 2.24) is 15.1 Å². The van der Waals surface area contributed by atoms with Crippen LogP contribution >= 0.6 is 0 Å². The van der Waals surface area contributed by atoms with E-state index in [1.807, 2.05) is 24.1 Å². The molecule has 0 atom stereocenters. The summed E-state index contributed by atoms with van der Waals surface area (Å²) in [5, 5.41) is 12.6. The molecule has 6 heteroatoms. The maximum Gasteiger partial charge on any atom is 0.223 e. The van der Waals surface area contributed by atoms with Gasteiger partial charge in [0.1, 0.15) is 17.6 Å². The maximum absolute atomic E-state index is 8.77. The topological polar surface area (TPSA) is 78.8 Å². The van der Waals surface area contributed by atoms with Gasteiger partial charge in [-0.3, -0.25) is 0 Å². The zero-order chi connectivity index (χ0) is 12.3. The lowest BCUT2D eigenvalue weighted by molar-refractivity contribution is 0.387. The third-order valence-corrected chi connectivity index (χ3v) is 2.19. The van der Waals surface area contributed by atoms with Gasteiger partial charge >= 0.3 is 0 Å². The van der Waals surface area contributed by atoms with Gasteiger partial charge < -0.3 is 9.42 Å². The molecule has 2 heterocycles. The molecule has 0 N–H and O–H groups in total. The molecule has 2 rings (SSSR count). The van der Waals surface area contributed by atoms with Crippen LogP contribution in [0.25, 0.3) is 0 Å². The van der Waals surface area contributed by atoms with Crippen molar-refractivity contribution in [2.45, 2.75) is 13.5 Å². The van der Waals surface area contributed by atoms with E-state index in [4.69, 9.17) is 9.78 Å². The van der Waals surface area contributed by atoms with Gasteiger partial charge in [-0.1, -0.05) is 11.2 Å². The first-order chi connectivity index (χ1) is 8.19. The van der Waals surface area contributed by atoms with Crippen LogP contribution in [-0.4, -0.2) is 22.2 Å². The van der Waals surface area contributed by atoms with Gasteiger partial charge in [0.2, 0.25) is 5.89 Å². The van der Waals surface area contributed by atoms with Crippen LogP contribution in [0.2, 0.25) is 0 Å². The van der Waals surface area contributed by atoms with Crippen LogP contribution in [0.5, 0.6) is 0 Å². The number of hydrogen-bond donors (Lipinski definition) is 0. The average molecular weight is 229 g/mol. The van der Waals surface area contributed by atoms with Crippen molar-refractivity contribution in [2.75, 3.05) is 11.9 Å².